The Balaban J connectivity index is 1.21. The summed E-state index contributed by atoms with van der Waals surface area (Å²) >= 11 is 0. The fourth-order valence-corrected chi connectivity index (χ4v) is 6.97. The number of aromatic nitrogens is 2. The molecule has 1 atom stereocenters. The minimum Gasteiger partial charge on any atom is -0.256 e. The number of allylic oxidation sites excluding steroid dienone is 5. The SMILES string of the molecule is C=C/C=N\c1c(C)c2ccccc2c2cc(-c3cccc(-c4cccc(-c5cc(C6=CC=C[C@H]6C)nc(-c6ccccn6)c5)c4)c3)ccc12. The molecule has 0 unspecified atom stereocenters. The van der Waals surface area contributed by atoms with Crippen LogP contribution >= 0.6 is 0 Å². The molecule has 49 heavy (non-hydrogen) atoms. The molecule has 7 aromatic rings. The number of benzene rings is 5. The van der Waals surface area contributed by atoms with Crippen molar-refractivity contribution in [3.63, 3.8) is 0 Å². The first-order valence-electron chi connectivity index (χ1n) is 16.7. The standard InChI is InChI=1S/C46H35N3/c1-4-23-48-46-31(3)39-17-5-6-18-40(39)42-27-36(21-22-41(42)46)34-15-10-13-32(25-34)33-14-11-16-35(26-33)37-28-44(38-19-9-12-30(38)2)49-45(29-37)43-20-7-8-24-47-43/h4-30H,1H2,2-3H3/b48-23-/t30-/m1/s1. The molecular weight excluding hydrogens is 595 g/mol. The van der Waals surface area contributed by atoms with Crippen LogP contribution < -0.4 is 0 Å². The van der Waals surface area contributed by atoms with Crippen LogP contribution in [0.25, 0.3) is 71.9 Å². The summed E-state index contributed by atoms with van der Waals surface area (Å²) in [7, 11) is 0. The van der Waals surface area contributed by atoms with Crippen LogP contribution in [-0.4, -0.2) is 16.2 Å². The van der Waals surface area contributed by atoms with Crippen molar-refractivity contribution in [3.05, 3.63) is 170 Å². The fraction of sp³-hybridized carbons (Fsp3) is 0.0652. The van der Waals surface area contributed by atoms with Crippen LogP contribution in [0.5, 0.6) is 0 Å². The first-order valence-corrected chi connectivity index (χ1v) is 16.7. The lowest BCUT2D eigenvalue weighted by Crippen LogP contribution is -1.99. The monoisotopic (exact) mass is 629 g/mol. The number of aliphatic imine (C=N–C) groups is 1. The van der Waals surface area contributed by atoms with E-state index in [4.69, 9.17) is 9.98 Å². The van der Waals surface area contributed by atoms with Gasteiger partial charge in [0, 0.05) is 23.7 Å². The average molecular weight is 630 g/mol. The van der Waals surface area contributed by atoms with Crippen molar-refractivity contribution in [2.45, 2.75) is 13.8 Å². The second-order valence-corrected chi connectivity index (χ2v) is 12.6. The summed E-state index contributed by atoms with van der Waals surface area (Å²) in [5, 5.41) is 4.79. The average Bonchev–Trinajstić information content (AvgIpc) is 3.60. The molecule has 3 heteroatoms. The second kappa shape index (κ2) is 12.8. The molecule has 0 saturated heterocycles. The Labute approximate surface area is 287 Å². The highest BCUT2D eigenvalue weighted by Crippen LogP contribution is 2.40. The molecule has 0 radical (unpaired) electrons. The van der Waals surface area contributed by atoms with Gasteiger partial charge in [-0.15, -0.1) is 0 Å². The van der Waals surface area contributed by atoms with Crippen LogP contribution in [0.3, 0.4) is 0 Å². The summed E-state index contributed by atoms with van der Waals surface area (Å²) in [6.45, 7) is 8.20. The minimum absolute atomic E-state index is 0.317. The molecule has 3 nitrogen and oxygen atoms in total. The van der Waals surface area contributed by atoms with Gasteiger partial charge in [0.1, 0.15) is 0 Å². The highest BCUT2D eigenvalue weighted by atomic mass is 14.8. The van der Waals surface area contributed by atoms with Crippen LogP contribution in [0, 0.1) is 12.8 Å². The van der Waals surface area contributed by atoms with E-state index in [9.17, 15) is 0 Å². The number of pyridine rings is 2. The molecule has 234 valence electrons. The van der Waals surface area contributed by atoms with Crippen molar-refractivity contribution in [1.82, 2.24) is 9.97 Å². The first kappa shape index (κ1) is 30.2. The van der Waals surface area contributed by atoms with E-state index in [0.29, 0.717) is 5.92 Å². The van der Waals surface area contributed by atoms with Crippen molar-refractivity contribution < 1.29 is 0 Å². The third kappa shape index (κ3) is 5.70. The molecule has 0 amide bonds. The van der Waals surface area contributed by atoms with Gasteiger partial charge in [-0.05, 0) is 110 Å². The number of aryl methyl sites for hydroxylation is 1. The van der Waals surface area contributed by atoms with Gasteiger partial charge in [0.15, 0.2) is 0 Å². The molecule has 0 fully saturated rings. The zero-order valence-corrected chi connectivity index (χ0v) is 27.6. The molecule has 0 spiro atoms. The van der Waals surface area contributed by atoms with E-state index < -0.39 is 0 Å². The molecule has 5 aromatic carbocycles. The van der Waals surface area contributed by atoms with Crippen molar-refractivity contribution in [3.8, 4) is 44.8 Å². The lowest BCUT2D eigenvalue weighted by molar-refractivity contribution is 0.969. The quantitative estimate of drug-likeness (QED) is 0.130. The van der Waals surface area contributed by atoms with E-state index in [1.54, 1.807) is 12.3 Å². The third-order valence-corrected chi connectivity index (χ3v) is 9.50. The normalized spacial score (nSPS) is 14.2. The van der Waals surface area contributed by atoms with E-state index >= 15 is 0 Å². The Bertz CT molecular complexity index is 2480. The smallest absolute Gasteiger partial charge is 0.0899 e. The highest BCUT2D eigenvalue weighted by molar-refractivity contribution is 6.15. The molecule has 8 rings (SSSR count). The van der Waals surface area contributed by atoms with E-state index in [-0.39, 0.29) is 0 Å². The maximum absolute atomic E-state index is 5.07. The molecule has 2 heterocycles. The fourth-order valence-electron chi connectivity index (χ4n) is 6.97. The zero-order valence-electron chi connectivity index (χ0n) is 27.6. The van der Waals surface area contributed by atoms with Gasteiger partial charge in [-0.25, -0.2) is 4.98 Å². The number of fused-ring (bicyclic) bond motifs is 3. The van der Waals surface area contributed by atoms with Crippen molar-refractivity contribution >= 4 is 39.0 Å². The van der Waals surface area contributed by atoms with Gasteiger partial charge in [-0.3, -0.25) is 9.98 Å². The maximum atomic E-state index is 5.07. The van der Waals surface area contributed by atoms with Gasteiger partial charge in [-0.2, -0.15) is 0 Å². The maximum Gasteiger partial charge on any atom is 0.0899 e. The predicted octanol–water partition coefficient (Wildman–Crippen LogP) is 12.2. The number of nitrogens with zero attached hydrogens (tertiary/aromatic N) is 3. The Morgan fingerprint density at radius 1 is 0.612 bits per heavy atom. The molecule has 0 bridgehead atoms. The number of hydrogen-bond donors (Lipinski definition) is 0. The Hall–Kier alpha value is -6.19. The Morgan fingerprint density at radius 3 is 1.96 bits per heavy atom. The first-order chi connectivity index (χ1) is 24.1. The molecule has 1 aliphatic carbocycles. The number of hydrogen-bond acceptors (Lipinski definition) is 3. The van der Waals surface area contributed by atoms with Gasteiger partial charge in [0.25, 0.3) is 0 Å². The summed E-state index contributed by atoms with van der Waals surface area (Å²) in [5.74, 6) is 0.317. The van der Waals surface area contributed by atoms with E-state index in [0.717, 1.165) is 44.8 Å². The summed E-state index contributed by atoms with van der Waals surface area (Å²) in [5.41, 5.74) is 13.1. The minimum atomic E-state index is 0.317. The lowest BCUT2D eigenvalue weighted by atomic mass is 9.92. The van der Waals surface area contributed by atoms with E-state index in [1.807, 2.05) is 24.4 Å². The lowest BCUT2D eigenvalue weighted by Gasteiger charge is -2.14. The van der Waals surface area contributed by atoms with Crippen LogP contribution in [-0.2, 0) is 0 Å². The van der Waals surface area contributed by atoms with Gasteiger partial charge >= 0.3 is 0 Å². The zero-order chi connectivity index (χ0) is 33.3. The molecule has 0 saturated carbocycles. The number of rotatable bonds is 7. The molecule has 0 N–H and O–H groups in total. The summed E-state index contributed by atoms with van der Waals surface area (Å²) in [6.07, 6.45) is 11.8. The van der Waals surface area contributed by atoms with Gasteiger partial charge < -0.3 is 0 Å². The summed E-state index contributed by atoms with van der Waals surface area (Å²) < 4.78 is 0. The molecule has 2 aromatic heterocycles. The Morgan fingerprint density at radius 2 is 1.29 bits per heavy atom. The van der Waals surface area contributed by atoms with Crippen molar-refractivity contribution in [2.75, 3.05) is 0 Å². The van der Waals surface area contributed by atoms with Gasteiger partial charge in [-0.1, -0.05) is 117 Å². The van der Waals surface area contributed by atoms with Crippen molar-refractivity contribution in [2.24, 2.45) is 10.9 Å². The van der Waals surface area contributed by atoms with Crippen LogP contribution in [0.2, 0.25) is 0 Å². The molecular formula is C46H35N3. The predicted molar refractivity (Wildman–Crippen MR) is 208 cm³/mol. The van der Waals surface area contributed by atoms with Gasteiger partial charge in [0.05, 0.1) is 22.8 Å². The van der Waals surface area contributed by atoms with E-state index in [2.05, 4.69) is 147 Å². The highest BCUT2D eigenvalue weighted by Gasteiger charge is 2.17. The summed E-state index contributed by atoms with van der Waals surface area (Å²) in [6, 6.07) is 43.3. The second-order valence-electron chi connectivity index (χ2n) is 12.6. The molecule has 1 aliphatic rings. The van der Waals surface area contributed by atoms with E-state index in [1.165, 1.54) is 44.0 Å². The van der Waals surface area contributed by atoms with Crippen molar-refractivity contribution in [1.29, 1.82) is 0 Å². The van der Waals surface area contributed by atoms with Crippen LogP contribution in [0.4, 0.5) is 5.69 Å². The van der Waals surface area contributed by atoms with Crippen LogP contribution in [0.1, 0.15) is 18.2 Å². The Kier molecular flexibility index (Phi) is 7.87. The summed E-state index contributed by atoms with van der Waals surface area (Å²) in [4.78, 5) is 14.5. The van der Waals surface area contributed by atoms with Crippen LogP contribution in [0.15, 0.2) is 163 Å². The third-order valence-electron chi connectivity index (χ3n) is 9.50. The topological polar surface area (TPSA) is 38.1 Å². The van der Waals surface area contributed by atoms with Gasteiger partial charge in [0.2, 0.25) is 0 Å². The molecule has 0 aliphatic heterocycles. The largest absolute Gasteiger partial charge is 0.256 e.